The summed E-state index contributed by atoms with van der Waals surface area (Å²) >= 11 is 0. The first kappa shape index (κ1) is 11.3. The molecule has 3 nitrogen and oxygen atoms in total. The lowest BCUT2D eigenvalue weighted by Gasteiger charge is -2.02. The molecule has 1 aromatic rings. The highest BCUT2D eigenvalue weighted by Crippen LogP contribution is 2.18. The summed E-state index contributed by atoms with van der Waals surface area (Å²) in [6.07, 6.45) is 3.65. The minimum Gasteiger partial charge on any atom is -0.295 e. The lowest BCUT2D eigenvalue weighted by Crippen LogP contribution is -2.06. The molecule has 0 bridgehead atoms. The number of aromatic amines is 1. The lowest BCUT2D eigenvalue weighted by molar-refractivity contribution is 0.756. The highest BCUT2D eigenvalue weighted by molar-refractivity contribution is 5.76. The van der Waals surface area contributed by atoms with E-state index in [1.165, 1.54) is 0 Å². The van der Waals surface area contributed by atoms with E-state index in [0.29, 0.717) is 5.56 Å². The smallest absolute Gasteiger partial charge is 0.271 e. The summed E-state index contributed by atoms with van der Waals surface area (Å²) in [5.74, 6) is 0. The first-order valence-electron chi connectivity index (χ1n) is 4.71. The fraction of sp³-hybridized carbons (Fsp3) is 0.250. The number of nitrogens with zero attached hydrogens (tertiary/aromatic N) is 1. The van der Waals surface area contributed by atoms with Crippen LogP contribution in [0.4, 0.5) is 0 Å². The second kappa shape index (κ2) is 4.17. The fourth-order valence-corrected chi connectivity index (χ4v) is 1.39. The highest BCUT2D eigenvalue weighted by Gasteiger charge is 2.07. The molecule has 0 amide bonds. The summed E-state index contributed by atoms with van der Waals surface area (Å²) < 4.78 is 1.62. The van der Waals surface area contributed by atoms with Crippen LogP contribution in [-0.4, -0.2) is 9.78 Å². The Hall–Kier alpha value is -1.77. The number of aromatic nitrogens is 2. The largest absolute Gasteiger partial charge is 0.295 e. The monoisotopic (exact) mass is 204 g/mol. The zero-order valence-electron chi connectivity index (χ0n) is 9.42. The summed E-state index contributed by atoms with van der Waals surface area (Å²) in [4.78, 5) is 11.5. The summed E-state index contributed by atoms with van der Waals surface area (Å²) in [6, 6.07) is 0. The SMILES string of the molecule is C=C(C)/C=C(/C)C(=C)c1cn(C)[nH]c1=O. The second-order valence-electron chi connectivity index (χ2n) is 3.75. The van der Waals surface area contributed by atoms with Gasteiger partial charge in [0.2, 0.25) is 0 Å². The molecule has 1 aromatic heterocycles. The third-order valence-electron chi connectivity index (χ3n) is 2.11. The van der Waals surface area contributed by atoms with Crippen LogP contribution in [0.5, 0.6) is 0 Å². The van der Waals surface area contributed by atoms with E-state index in [4.69, 9.17) is 0 Å². The number of H-pyrrole nitrogens is 1. The molecule has 0 saturated carbocycles. The molecule has 3 heteroatoms. The maximum Gasteiger partial charge on any atom is 0.271 e. The Balaban J connectivity index is 3.10. The Morgan fingerprint density at radius 2 is 2.07 bits per heavy atom. The van der Waals surface area contributed by atoms with E-state index in [1.807, 2.05) is 19.9 Å². The van der Waals surface area contributed by atoms with Gasteiger partial charge < -0.3 is 0 Å². The predicted octanol–water partition coefficient (Wildman–Crippen LogP) is 2.25. The molecule has 1 heterocycles. The summed E-state index contributed by atoms with van der Waals surface area (Å²) in [5.41, 5.74) is 3.13. The van der Waals surface area contributed by atoms with Crippen molar-refractivity contribution in [3.8, 4) is 0 Å². The minimum atomic E-state index is -0.114. The molecule has 80 valence electrons. The molecular weight excluding hydrogens is 188 g/mol. The van der Waals surface area contributed by atoms with Crippen LogP contribution in [0.3, 0.4) is 0 Å². The molecule has 1 rings (SSSR count). The zero-order valence-corrected chi connectivity index (χ0v) is 9.42. The minimum absolute atomic E-state index is 0.114. The van der Waals surface area contributed by atoms with Gasteiger partial charge in [-0.2, -0.15) is 0 Å². The van der Waals surface area contributed by atoms with Crippen LogP contribution in [0.1, 0.15) is 19.4 Å². The van der Waals surface area contributed by atoms with E-state index >= 15 is 0 Å². The van der Waals surface area contributed by atoms with Crippen molar-refractivity contribution in [3.63, 3.8) is 0 Å². The molecule has 0 radical (unpaired) electrons. The average Bonchev–Trinajstić information content (AvgIpc) is 2.42. The standard InChI is InChI=1S/C12H16N2O/c1-8(2)6-9(3)10(4)11-7-14(5)13-12(11)15/h6-7H,1,4H2,2-3,5H3,(H,13,15)/b9-6-. The number of hydrogen-bond donors (Lipinski definition) is 1. The van der Waals surface area contributed by atoms with Gasteiger partial charge in [0.25, 0.3) is 5.56 Å². The van der Waals surface area contributed by atoms with Crippen molar-refractivity contribution in [2.24, 2.45) is 7.05 Å². The van der Waals surface area contributed by atoms with Gasteiger partial charge in [-0.05, 0) is 25.0 Å². The third-order valence-corrected chi connectivity index (χ3v) is 2.11. The van der Waals surface area contributed by atoms with E-state index in [9.17, 15) is 4.79 Å². The van der Waals surface area contributed by atoms with Crippen molar-refractivity contribution < 1.29 is 0 Å². The molecule has 0 saturated heterocycles. The summed E-state index contributed by atoms with van der Waals surface area (Å²) in [6.45, 7) is 11.5. The summed E-state index contributed by atoms with van der Waals surface area (Å²) in [5, 5.41) is 2.65. The van der Waals surface area contributed by atoms with E-state index in [0.717, 1.165) is 16.7 Å². The van der Waals surface area contributed by atoms with Gasteiger partial charge in [0.05, 0.1) is 5.56 Å². The van der Waals surface area contributed by atoms with Gasteiger partial charge in [-0.15, -0.1) is 0 Å². The van der Waals surface area contributed by atoms with Gasteiger partial charge in [-0.1, -0.05) is 24.8 Å². The molecular formula is C12H16N2O. The topological polar surface area (TPSA) is 37.8 Å². The van der Waals surface area contributed by atoms with Crippen molar-refractivity contribution in [2.45, 2.75) is 13.8 Å². The molecule has 1 N–H and O–H groups in total. The summed E-state index contributed by atoms with van der Waals surface area (Å²) in [7, 11) is 1.77. The predicted molar refractivity (Wildman–Crippen MR) is 63.6 cm³/mol. The fourth-order valence-electron chi connectivity index (χ4n) is 1.39. The van der Waals surface area contributed by atoms with Gasteiger partial charge in [-0.3, -0.25) is 14.6 Å². The zero-order chi connectivity index (χ0) is 11.6. The van der Waals surface area contributed by atoms with Crippen LogP contribution in [0.15, 0.2) is 41.4 Å². The second-order valence-corrected chi connectivity index (χ2v) is 3.75. The number of rotatable bonds is 3. The van der Waals surface area contributed by atoms with Crippen molar-refractivity contribution in [1.82, 2.24) is 9.78 Å². The molecule has 0 aliphatic heterocycles. The van der Waals surface area contributed by atoms with E-state index in [-0.39, 0.29) is 5.56 Å². The molecule has 0 fully saturated rings. The molecule has 15 heavy (non-hydrogen) atoms. The third kappa shape index (κ3) is 2.59. The number of nitrogens with one attached hydrogen (secondary N) is 1. The quantitative estimate of drug-likeness (QED) is 0.753. The number of allylic oxidation sites excluding steroid dienone is 4. The van der Waals surface area contributed by atoms with Crippen molar-refractivity contribution in [2.75, 3.05) is 0 Å². The van der Waals surface area contributed by atoms with E-state index in [1.54, 1.807) is 17.9 Å². The Bertz CT molecular complexity index is 486. The Morgan fingerprint density at radius 1 is 1.47 bits per heavy atom. The van der Waals surface area contributed by atoms with Crippen molar-refractivity contribution in [3.05, 3.63) is 52.5 Å². The van der Waals surface area contributed by atoms with Crippen LogP contribution in [0, 0.1) is 0 Å². The lowest BCUT2D eigenvalue weighted by atomic mass is 10.0. The average molecular weight is 204 g/mol. The van der Waals surface area contributed by atoms with Gasteiger partial charge in [0.15, 0.2) is 0 Å². The normalized spacial score (nSPS) is 11.5. The molecule has 0 atom stereocenters. The van der Waals surface area contributed by atoms with Crippen LogP contribution >= 0.6 is 0 Å². The van der Waals surface area contributed by atoms with Gasteiger partial charge in [0, 0.05) is 13.2 Å². The molecule has 0 aliphatic carbocycles. The number of hydrogen-bond acceptors (Lipinski definition) is 1. The Kier molecular flexibility index (Phi) is 3.14. The van der Waals surface area contributed by atoms with Crippen molar-refractivity contribution in [1.29, 1.82) is 0 Å². The van der Waals surface area contributed by atoms with Gasteiger partial charge >= 0.3 is 0 Å². The Labute approximate surface area is 89.4 Å². The molecule has 0 aliphatic rings. The number of aryl methyl sites for hydroxylation is 1. The molecule has 0 spiro atoms. The van der Waals surface area contributed by atoms with Crippen LogP contribution in [-0.2, 0) is 7.05 Å². The molecule has 0 aromatic carbocycles. The van der Waals surface area contributed by atoms with E-state index in [2.05, 4.69) is 18.3 Å². The first-order chi connectivity index (χ1) is 6.91. The molecule has 0 unspecified atom stereocenters. The maximum atomic E-state index is 11.5. The van der Waals surface area contributed by atoms with Crippen molar-refractivity contribution >= 4 is 5.57 Å². The van der Waals surface area contributed by atoms with E-state index < -0.39 is 0 Å². The first-order valence-corrected chi connectivity index (χ1v) is 4.71. The van der Waals surface area contributed by atoms with Crippen LogP contribution in [0.2, 0.25) is 0 Å². The Morgan fingerprint density at radius 3 is 2.47 bits per heavy atom. The van der Waals surface area contributed by atoms with Crippen LogP contribution < -0.4 is 5.56 Å². The van der Waals surface area contributed by atoms with Gasteiger partial charge in [-0.25, -0.2) is 0 Å². The maximum absolute atomic E-state index is 11.5. The highest BCUT2D eigenvalue weighted by atomic mass is 16.1. The van der Waals surface area contributed by atoms with Crippen LogP contribution in [0.25, 0.3) is 5.57 Å². The van der Waals surface area contributed by atoms with Gasteiger partial charge in [0.1, 0.15) is 0 Å².